The summed E-state index contributed by atoms with van der Waals surface area (Å²) in [6.45, 7) is 4.96. The van der Waals surface area contributed by atoms with Crippen LogP contribution in [-0.2, 0) is 9.59 Å². The number of anilines is 2. The largest absolute Gasteiger partial charge is 0.455 e. The summed E-state index contributed by atoms with van der Waals surface area (Å²) < 4.78 is 10.9. The lowest BCUT2D eigenvalue weighted by atomic mass is 10.2. The molecule has 3 aromatic rings. The van der Waals surface area contributed by atoms with Gasteiger partial charge in [-0.3, -0.25) is 19.4 Å². The summed E-state index contributed by atoms with van der Waals surface area (Å²) in [6.07, 6.45) is 0. The number of hydrogen-bond acceptors (Lipinski definition) is 7. The van der Waals surface area contributed by atoms with E-state index in [2.05, 4.69) is 15.8 Å². The number of carbonyl (C=O) groups is 2. The average molecular weight is 484 g/mol. The Bertz CT molecular complexity index is 1130. The zero-order valence-corrected chi connectivity index (χ0v) is 19.5. The maximum Gasteiger partial charge on any atom is 0.239 e. The minimum atomic E-state index is -0.159. The highest BCUT2D eigenvalue weighted by Crippen LogP contribution is 2.32. The molecule has 178 valence electrons. The van der Waals surface area contributed by atoms with Gasteiger partial charge in [0.1, 0.15) is 11.5 Å². The first-order valence-electron chi connectivity index (χ1n) is 10.9. The van der Waals surface area contributed by atoms with E-state index in [9.17, 15) is 9.59 Å². The third kappa shape index (κ3) is 6.80. The molecule has 2 N–H and O–H groups in total. The number of benzene rings is 2. The summed E-state index contributed by atoms with van der Waals surface area (Å²) in [7, 11) is 0. The molecule has 1 saturated heterocycles. The Labute approximate surface area is 202 Å². The average Bonchev–Trinajstić information content (AvgIpc) is 3.22. The number of aromatic nitrogens is 1. The van der Waals surface area contributed by atoms with Crippen LogP contribution in [0.2, 0.25) is 5.02 Å². The topological polar surface area (TPSA) is 99.9 Å². The number of carbonyl (C=O) groups excluding carboxylic acids is 2. The van der Waals surface area contributed by atoms with Gasteiger partial charge < -0.3 is 19.9 Å². The lowest BCUT2D eigenvalue weighted by molar-refractivity contribution is -0.120. The second kappa shape index (κ2) is 11.1. The number of amides is 2. The first kappa shape index (κ1) is 23.7. The highest BCUT2D eigenvalue weighted by molar-refractivity contribution is 6.31. The molecule has 1 fully saturated rings. The van der Waals surface area contributed by atoms with Gasteiger partial charge in [0, 0.05) is 37.3 Å². The molecular weight excluding hydrogens is 458 g/mol. The van der Waals surface area contributed by atoms with Crippen LogP contribution in [0.5, 0.6) is 11.5 Å². The highest BCUT2D eigenvalue weighted by atomic mass is 35.5. The van der Waals surface area contributed by atoms with Crippen LogP contribution in [-0.4, -0.2) is 66.0 Å². The van der Waals surface area contributed by atoms with Crippen LogP contribution in [0.25, 0.3) is 0 Å². The van der Waals surface area contributed by atoms with Gasteiger partial charge in [-0.2, -0.15) is 0 Å². The third-order valence-corrected chi connectivity index (χ3v) is 5.52. The predicted octanol–water partition coefficient (Wildman–Crippen LogP) is 3.62. The maximum absolute atomic E-state index is 12.7. The second-order valence-electron chi connectivity index (χ2n) is 8.03. The van der Waals surface area contributed by atoms with Gasteiger partial charge in [0.2, 0.25) is 11.8 Å². The smallest absolute Gasteiger partial charge is 0.239 e. The number of ether oxygens (including phenoxy) is 1. The van der Waals surface area contributed by atoms with Crippen molar-refractivity contribution >= 4 is 34.9 Å². The molecule has 4 rings (SSSR count). The predicted molar refractivity (Wildman–Crippen MR) is 129 cm³/mol. The first-order valence-corrected chi connectivity index (χ1v) is 11.3. The lowest BCUT2D eigenvalue weighted by Gasteiger charge is -2.33. The standard InChI is InChI=1S/C24H26ClN5O4/c1-17-13-22(28-34-17)27-24(32)16-30-11-9-29(10-12-30)15-23(31)26-20-14-18(25)7-8-21(20)33-19-5-3-2-4-6-19/h2-8,13-14H,9-12,15-16H2,1H3,(H,26,31)(H,27,28,32). The van der Waals surface area contributed by atoms with Crippen molar-refractivity contribution in [2.24, 2.45) is 0 Å². The van der Waals surface area contributed by atoms with Crippen molar-refractivity contribution in [1.82, 2.24) is 15.0 Å². The first-order chi connectivity index (χ1) is 16.4. The molecule has 9 nitrogen and oxygen atoms in total. The Balaban J connectivity index is 1.25. The van der Waals surface area contributed by atoms with Gasteiger partial charge in [0.15, 0.2) is 11.6 Å². The number of hydrogen-bond donors (Lipinski definition) is 2. The number of rotatable bonds is 8. The van der Waals surface area contributed by atoms with Crippen LogP contribution < -0.4 is 15.4 Å². The molecule has 0 spiro atoms. The fourth-order valence-electron chi connectivity index (χ4n) is 3.61. The fraction of sp³-hybridized carbons (Fsp3) is 0.292. The Hall–Kier alpha value is -3.40. The lowest BCUT2D eigenvalue weighted by Crippen LogP contribution is -2.50. The molecule has 0 unspecified atom stereocenters. The summed E-state index contributed by atoms with van der Waals surface area (Å²) in [5.74, 6) is 1.92. The number of para-hydroxylation sites is 1. The number of nitrogens with one attached hydrogen (secondary N) is 2. The molecule has 0 aliphatic carbocycles. The fourth-order valence-corrected chi connectivity index (χ4v) is 3.79. The van der Waals surface area contributed by atoms with E-state index < -0.39 is 0 Å². The zero-order valence-electron chi connectivity index (χ0n) is 18.8. The van der Waals surface area contributed by atoms with Crippen molar-refractivity contribution in [2.75, 3.05) is 49.9 Å². The van der Waals surface area contributed by atoms with Crippen molar-refractivity contribution in [3.63, 3.8) is 0 Å². The molecule has 2 amide bonds. The zero-order chi connectivity index (χ0) is 23.9. The van der Waals surface area contributed by atoms with Gasteiger partial charge in [-0.15, -0.1) is 0 Å². The Morgan fingerprint density at radius 1 is 0.971 bits per heavy atom. The van der Waals surface area contributed by atoms with Gasteiger partial charge in [-0.05, 0) is 37.3 Å². The van der Waals surface area contributed by atoms with E-state index in [1.807, 2.05) is 40.1 Å². The van der Waals surface area contributed by atoms with Crippen molar-refractivity contribution in [2.45, 2.75) is 6.92 Å². The summed E-state index contributed by atoms with van der Waals surface area (Å²) >= 11 is 6.14. The van der Waals surface area contributed by atoms with Gasteiger partial charge in [-0.1, -0.05) is 35.0 Å². The highest BCUT2D eigenvalue weighted by Gasteiger charge is 2.21. The van der Waals surface area contributed by atoms with E-state index in [-0.39, 0.29) is 24.9 Å². The molecule has 0 bridgehead atoms. The summed E-state index contributed by atoms with van der Waals surface area (Å²) in [5.41, 5.74) is 0.514. The molecule has 2 aromatic carbocycles. The van der Waals surface area contributed by atoms with Gasteiger partial charge in [-0.25, -0.2) is 0 Å². The van der Waals surface area contributed by atoms with Gasteiger partial charge in [0.05, 0.1) is 18.8 Å². The van der Waals surface area contributed by atoms with Crippen LogP contribution in [0, 0.1) is 6.92 Å². The van der Waals surface area contributed by atoms with Crippen molar-refractivity contribution in [3.8, 4) is 11.5 Å². The molecule has 34 heavy (non-hydrogen) atoms. The minimum absolute atomic E-state index is 0.147. The van der Waals surface area contributed by atoms with Crippen LogP contribution >= 0.6 is 11.6 Å². The van der Waals surface area contributed by atoms with E-state index in [4.69, 9.17) is 20.9 Å². The van der Waals surface area contributed by atoms with Crippen LogP contribution in [0.4, 0.5) is 11.5 Å². The molecule has 1 aliphatic heterocycles. The monoisotopic (exact) mass is 483 g/mol. The van der Waals surface area contributed by atoms with Crippen molar-refractivity contribution in [1.29, 1.82) is 0 Å². The van der Waals surface area contributed by atoms with E-state index in [1.54, 1.807) is 31.2 Å². The summed E-state index contributed by atoms with van der Waals surface area (Å²) in [4.78, 5) is 29.0. The molecule has 1 aromatic heterocycles. The summed E-state index contributed by atoms with van der Waals surface area (Å²) in [5, 5.41) is 9.90. The van der Waals surface area contributed by atoms with E-state index in [0.717, 1.165) is 0 Å². The van der Waals surface area contributed by atoms with E-state index in [0.29, 0.717) is 60.0 Å². The number of nitrogens with zero attached hydrogens (tertiary/aromatic N) is 3. The Morgan fingerprint density at radius 3 is 2.24 bits per heavy atom. The normalized spacial score (nSPS) is 14.5. The number of piperazine rings is 1. The van der Waals surface area contributed by atoms with Crippen molar-refractivity contribution < 1.29 is 18.8 Å². The number of aryl methyl sites for hydroxylation is 1. The second-order valence-corrected chi connectivity index (χ2v) is 8.46. The maximum atomic E-state index is 12.7. The molecule has 1 aliphatic rings. The Morgan fingerprint density at radius 2 is 1.62 bits per heavy atom. The molecule has 2 heterocycles. The van der Waals surface area contributed by atoms with Crippen LogP contribution in [0.15, 0.2) is 59.1 Å². The quantitative estimate of drug-likeness (QED) is 0.504. The SMILES string of the molecule is Cc1cc(NC(=O)CN2CCN(CC(=O)Nc3cc(Cl)ccc3Oc3ccccc3)CC2)no1. The molecule has 10 heteroatoms. The summed E-state index contributed by atoms with van der Waals surface area (Å²) in [6, 6.07) is 16.1. The molecule has 0 radical (unpaired) electrons. The molecular formula is C24H26ClN5O4. The van der Waals surface area contributed by atoms with E-state index >= 15 is 0 Å². The third-order valence-electron chi connectivity index (χ3n) is 5.28. The molecule has 0 atom stereocenters. The van der Waals surface area contributed by atoms with Gasteiger partial charge in [0.25, 0.3) is 0 Å². The molecule has 0 saturated carbocycles. The van der Waals surface area contributed by atoms with Crippen LogP contribution in [0.3, 0.4) is 0 Å². The van der Waals surface area contributed by atoms with E-state index in [1.165, 1.54) is 0 Å². The Kier molecular flexibility index (Phi) is 7.79. The van der Waals surface area contributed by atoms with Crippen LogP contribution in [0.1, 0.15) is 5.76 Å². The minimum Gasteiger partial charge on any atom is -0.455 e. The van der Waals surface area contributed by atoms with Crippen molar-refractivity contribution in [3.05, 3.63) is 65.4 Å². The van der Waals surface area contributed by atoms with Gasteiger partial charge >= 0.3 is 0 Å². The number of halogens is 1.